The predicted octanol–water partition coefficient (Wildman–Crippen LogP) is 1.53. The highest BCUT2D eigenvalue weighted by molar-refractivity contribution is 5.86. The molecule has 2 N–H and O–H groups in total. The van der Waals surface area contributed by atoms with Gasteiger partial charge in [-0.25, -0.2) is 9.59 Å². The molecule has 0 aliphatic heterocycles. The number of carboxylic acid groups (broad SMARTS) is 1. The number of aliphatic hydroxyl groups is 1. The summed E-state index contributed by atoms with van der Waals surface area (Å²) in [5, 5.41) is 16.3. The van der Waals surface area contributed by atoms with Crippen LogP contribution in [0.25, 0.3) is 0 Å². The third-order valence-electron chi connectivity index (χ3n) is 1.50. The first-order chi connectivity index (χ1) is 7.82. The summed E-state index contributed by atoms with van der Waals surface area (Å²) >= 11 is 0. The maximum atomic E-state index is 10.7. The topological polar surface area (TPSA) is 83.8 Å². The number of esters is 1. The summed E-state index contributed by atoms with van der Waals surface area (Å²) in [6.45, 7) is 10.1. The molecule has 5 nitrogen and oxygen atoms in total. The summed E-state index contributed by atoms with van der Waals surface area (Å²) in [5.74, 6) is -1.29. The van der Waals surface area contributed by atoms with E-state index in [1.165, 1.54) is 6.92 Å². The molecule has 0 bridgehead atoms. The molecule has 0 unspecified atom stereocenters. The van der Waals surface area contributed by atoms with Crippen molar-refractivity contribution in [2.75, 3.05) is 13.2 Å². The van der Waals surface area contributed by atoms with E-state index in [0.29, 0.717) is 25.0 Å². The lowest BCUT2D eigenvalue weighted by Crippen LogP contribution is -2.06. The number of rotatable bonds is 6. The Morgan fingerprint density at radius 2 is 1.59 bits per heavy atom. The zero-order chi connectivity index (χ0) is 13.8. The van der Waals surface area contributed by atoms with Crippen molar-refractivity contribution in [3.8, 4) is 0 Å². The van der Waals surface area contributed by atoms with E-state index >= 15 is 0 Å². The lowest BCUT2D eigenvalue weighted by atomic mass is 10.3. The summed E-state index contributed by atoms with van der Waals surface area (Å²) in [7, 11) is 0. The van der Waals surface area contributed by atoms with Gasteiger partial charge >= 0.3 is 11.9 Å². The first kappa shape index (κ1) is 17.8. The Morgan fingerprint density at radius 3 is 1.88 bits per heavy atom. The minimum absolute atomic E-state index is 0.143. The number of carboxylic acids is 1. The van der Waals surface area contributed by atoms with Gasteiger partial charge in [-0.05, 0) is 26.7 Å². The molecule has 0 aromatic rings. The molecule has 98 valence electrons. The Bertz CT molecular complexity index is 269. The molecule has 0 heterocycles. The van der Waals surface area contributed by atoms with Crippen LogP contribution in [0.5, 0.6) is 0 Å². The minimum Gasteiger partial charge on any atom is -0.478 e. The molecule has 0 atom stereocenters. The normalized spacial score (nSPS) is 8.65. The fourth-order valence-corrected chi connectivity index (χ4v) is 0.502. The van der Waals surface area contributed by atoms with Gasteiger partial charge in [-0.1, -0.05) is 13.2 Å². The molecule has 0 saturated carbocycles. The SMILES string of the molecule is C=C(C)C(=O)O.C=C(C)C(=O)OCCCCO. The number of carbonyl (C=O) groups is 2. The second-order valence-corrected chi connectivity index (χ2v) is 3.43. The van der Waals surface area contributed by atoms with E-state index in [0.717, 1.165) is 0 Å². The number of hydrogen-bond acceptors (Lipinski definition) is 4. The molecule has 0 radical (unpaired) electrons. The largest absolute Gasteiger partial charge is 0.478 e. The lowest BCUT2D eigenvalue weighted by molar-refractivity contribution is -0.139. The van der Waals surface area contributed by atoms with E-state index in [2.05, 4.69) is 13.2 Å². The zero-order valence-electron chi connectivity index (χ0n) is 10.4. The summed E-state index contributed by atoms with van der Waals surface area (Å²) in [6, 6.07) is 0. The van der Waals surface area contributed by atoms with E-state index in [4.69, 9.17) is 14.9 Å². The Morgan fingerprint density at radius 1 is 1.12 bits per heavy atom. The first-order valence-electron chi connectivity index (χ1n) is 5.15. The highest BCUT2D eigenvalue weighted by atomic mass is 16.5. The van der Waals surface area contributed by atoms with Gasteiger partial charge in [-0.15, -0.1) is 0 Å². The van der Waals surface area contributed by atoms with Gasteiger partial charge in [0.2, 0.25) is 0 Å². The summed E-state index contributed by atoms with van der Waals surface area (Å²) in [5.41, 5.74) is 0.587. The Kier molecular flexibility index (Phi) is 11.4. The van der Waals surface area contributed by atoms with Crippen LogP contribution in [0, 0.1) is 0 Å². The molecule has 0 aromatic heterocycles. The standard InChI is InChI=1S/C8H14O3.C4H6O2/c1-7(2)8(10)11-6-4-3-5-9;1-3(2)4(5)6/h9H,1,3-6H2,2H3;1H2,2H3,(H,5,6). The number of aliphatic hydroxyl groups excluding tert-OH is 1. The molecule has 0 aliphatic rings. The molecule has 0 fully saturated rings. The van der Waals surface area contributed by atoms with Crippen LogP contribution in [0.1, 0.15) is 26.7 Å². The van der Waals surface area contributed by atoms with Crippen molar-refractivity contribution in [2.45, 2.75) is 26.7 Å². The van der Waals surface area contributed by atoms with Gasteiger partial charge in [0.15, 0.2) is 0 Å². The van der Waals surface area contributed by atoms with Gasteiger partial charge in [0.05, 0.1) is 6.61 Å². The average Bonchev–Trinajstić information content (AvgIpc) is 2.24. The van der Waals surface area contributed by atoms with Gasteiger partial charge in [0.25, 0.3) is 0 Å². The van der Waals surface area contributed by atoms with Crippen molar-refractivity contribution in [1.82, 2.24) is 0 Å². The molecule has 0 spiro atoms. The second kappa shape index (κ2) is 10.9. The second-order valence-electron chi connectivity index (χ2n) is 3.43. The fraction of sp³-hybridized carbons (Fsp3) is 0.500. The molecular formula is C12H20O5. The first-order valence-corrected chi connectivity index (χ1v) is 5.15. The molecule has 17 heavy (non-hydrogen) atoms. The number of ether oxygens (including phenoxy) is 1. The summed E-state index contributed by atoms with van der Waals surface area (Å²) in [4.78, 5) is 20.3. The fourth-order valence-electron chi connectivity index (χ4n) is 0.502. The summed E-state index contributed by atoms with van der Waals surface area (Å²) in [6.07, 6.45) is 1.37. The van der Waals surface area contributed by atoms with Crippen LogP contribution in [0.3, 0.4) is 0 Å². The molecule has 5 heteroatoms. The average molecular weight is 244 g/mol. The highest BCUT2D eigenvalue weighted by Crippen LogP contribution is 1.94. The van der Waals surface area contributed by atoms with Crippen molar-refractivity contribution >= 4 is 11.9 Å². The van der Waals surface area contributed by atoms with Gasteiger partial charge in [-0.3, -0.25) is 0 Å². The highest BCUT2D eigenvalue weighted by Gasteiger charge is 2.00. The van der Waals surface area contributed by atoms with Crippen LogP contribution >= 0.6 is 0 Å². The Balaban J connectivity index is 0. The maximum Gasteiger partial charge on any atom is 0.333 e. The van der Waals surface area contributed by atoms with Gasteiger partial charge in [0, 0.05) is 17.8 Å². The quantitative estimate of drug-likeness (QED) is 0.420. The van der Waals surface area contributed by atoms with E-state index in [1.807, 2.05) is 0 Å². The van der Waals surface area contributed by atoms with Crippen LogP contribution in [-0.2, 0) is 14.3 Å². The van der Waals surface area contributed by atoms with E-state index in [-0.39, 0.29) is 18.1 Å². The summed E-state index contributed by atoms with van der Waals surface area (Å²) < 4.78 is 4.76. The van der Waals surface area contributed by atoms with Crippen molar-refractivity contribution in [3.05, 3.63) is 24.3 Å². The van der Waals surface area contributed by atoms with Gasteiger partial charge in [0.1, 0.15) is 0 Å². The minimum atomic E-state index is -0.935. The molecule has 0 saturated heterocycles. The van der Waals surface area contributed by atoms with E-state index < -0.39 is 5.97 Å². The van der Waals surface area contributed by atoms with Crippen LogP contribution < -0.4 is 0 Å². The lowest BCUT2D eigenvalue weighted by Gasteiger charge is -2.01. The van der Waals surface area contributed by atoms with Gasteiger partial charge < -0.3 is 14.9 Å². The number of aliphatic carboxylic acids is 1. The van der Waals surface area contributed by atoms with E-state index in [9.17, 15) is 9.59 Å². The molecule has 0 aliphatic carbocycles. The van der Waals surface area contributed by atoms with Crippen molar-refractivity contribution in [1.29, 1.82) is 0 Å². The third kappa shape index (κ3) is 14.4. The monoisotopic (exact) mass is 244 g/mol. The van der Waals surface area contributed by atoms with Crippen LogP contribution in [-0.4, -0.2) is 35.4 Å². The van der Waals surface area contributed by atoms with E-state index in [1.54, 1.807) is 6.92 Å². The van der Waals surface area contributed by atoms with Gasteiger partial charge in [-0.2, -0.15) is 0 Å². The van der Waals surface area contributed by atoms with Crippen molar-refractivity contribution in [2.24, 2.45) is 0 Å². The maximum absolute atomic E-state index is 10.7. The van der Waals surface area contributed by atoms with Crippen LogP contribution in [0.15, 0.2) is 24.3 Å². The predicted molar refractivity (Wildman–Crippen MR) is 64.5 cm³/mol. The Labute approximate surface area is 101 Å². The molecule has 0 rings (SSSR count). The van der Waals surface area contributed by atoms with Crippen molar-refractivity contribution in [3.63, 3.8) is 0 Å². The molecule has 0 aromatic carbocycles. The Hall–Kier alpha value is -1.62. The molecule has 0 amide bonds. The number of carbonyl (C=O) groups excluding carboxylic acids is 1. The third-order valence-corrected chi connectivity index (χ3v) is 1.50. The zero-order valence-corrected chi connectivity index (χ0v) is 10.4. The molecular weight excluding hydrogens is 224 g/mol. The van der Waals surface area contributed by atoms with Crippen molar-refractivity contribution < 1.29 is 24.5 Å². The van der Waals surface area contributed by atoms with Crippen LogP contribution in [0.4, 0.5) is 0 Å². The van der Waals surface area contributed by atoms with Crippen LogP contribution in [0.2, 0.25) is 0 Å². The number of hydrogen-bond donors (Lipinski definition) is 2. The number of unbranched alkanes of at least 4 members (excludes halogenated alkanes) is 1. The smallest absolute Gasteiger partial charge is 0.333 e.